The number of sulfonamides is 1. The first-order valence-corrected chi connectivity index (χ1v) is 9.33. The van der Waals surface area contributed by atoms with E-state index >= 15 is 0 Å². The van der Waals surface area contributed by atoms with Gasteiger partial charge in [-0.15, -0.1) is 0 Å². The van der Waals surface area contributed by atoms with E-state index in [1.807, 2.05) is 0 Å². The lowest BCUT2D eigenvalue weighted by molar-refractivity contribution is -0.385. The average molecular weight is 395 g/mol. The summed E-state index contributed by atoms with van der Waals surface area (Å²) in [5, 5.41) is 11.0. The number of rotatable bonds is 7. The third kappa shape index (κ3) is 4.12. The van der Waals surface area contributed by atoms with Crippen molar-refractivity contribution in [1.82, 2.24) is 4.31 Å². The lowest BCUT2D eigenvalue weighted by atomic mass is 10.1. The fourth-order valence-corrected chi connectivity index (χ4v) is 4.34. The zero-order valence-corrected chi connectivity index (χ0v) is 15.4. The van der Waals surface area contributed by atoms with Gasteiger partial charge in [0.25, 0.3) is 5.69 Å². The molecule has 0 heterocycles. The molecule has 27 heavy (non-hydrogen) atoms. The van der Waals surface area contributed by atoms with Crippen molar-refractivity contribution in [2.75, 3.05) is 7.05 Å². The number of benzene rings is 2. The lowest BCUT2D eigenvalue weighted by Gasteiger charge is -2.26. The van der Waals surface area contributed by atoms with E-state index < -0.39 is 38.4 Å². The number of nitro benzene ring substituents is 1. The van der Waals surface area contributed by atoms with Crippen LogP contribution in [0.2, 0.25) is 0 Å². The molecule has 2 aromatic carbocycles. The molecular formula is C17H18FN3O5S. The number of nitro groups is 1. The minimum Gasteiger partial charge on any atom is -0.368 e. The van der Waals surface area contributed by atoms with Crippen molar-refractivity contribution < 1.29 is 22.5 Å². The van der Waals surface area contributed by atoms with Gasteiger partial charge >= 0.3 is 0 Å². The molecule has 1 amide bonds. The summed E-state index contributed by atoms with van der Waals surface area (Å²) in [6, 6.07) is 6.87. The summed E-state index contributed by atoms with van der Waals surface area (Å²) in [4.78, 5) is 22.0. The molecule has 0 radical (unpaired) electrons. The first-order chi connectivity index (χ1) is 12.6. The Labute approximate surface area is 155 Å². The molecule has 0 saturated heterocycles. The molecule has 8 nitrogen and oxygen atoms in total. The quantitative estimate of drug-likeness (QED) is 0.568. The SMILES string of the molecule is CCc1ccc([N+](=O)[O-])cc1S(=O)(=O)N(C)C(C(N)=O)c1cccc(F)c1. The van der Waals surface area contributed by atoms with Crippen molar-refractivity contribution >= 4 is 21.6 Å². The van der Waals surface area contributed by atoms with E-state index in [2.05, 4.69) is 0 Å². The monoisotopic (exact) mass is 395 g/mol. The molecule has 2 rings (SSSR count). The van der Waals surface area contributed by atoms with Gasteiger partial charge in [0.1, 0.15) is 11.9 Å². The zero-order chi connectivity index (χ0) is 20.4. The highest BCUT2D eigenvalue weighted by molar-refractivity contribution is 7.89. The van der Waals surface area contributed by atoms with Crippen LogP contribution in [0.3, 0.4) is 0 Å². The third-order valence-corrected chi connectivity index (χ3v) is 6.00. The summed E-state index contributed by atoms with van der Waals surface area (Å²) in [5.41, 5.74) is 5.36. The van der Waals surface area contributed by atoms with Gasteiger partial charge in [-0.1, -0.05) is 25.1 Å². The van der Waals surface area contributed by atoms with Gasteiger partial charge < -0.3 is 5.73 Å². The smallest absolute Gasteiger partial charge is 0.270 e. The Morgan fingerprint density at radius 3 is 2.48 bits per heavy atom. The Morgan fingerprint density at radius 2 is 1.96 bits per heavy atom. The largest absolute Gasteiger partial charge is 0.368 e. The molecule has 0 aliphatic rings. The van der Waals surface area contributed by atoms with E-state index in [4.69, 9.17) is 5.73 Å². The predicted octanol–water partition coefficient (Wildman–Crippen LogP) is 2.14. The second kappa shape index (κ2) is 7.80. The molecule has 0 aliphatic heterocycles. The first kappa shape index (κ1) is 20.5. The van der Waals surface area contributed by atoms with Crippen LogP contribution in [-0.4, -0.2) is 30.6 Å². The highest BCUT2D eigenvalue weighted by Gasteiger charge is 2.35. The van der Waals surface area contributed by atoms with Crippen LogP contribution in [0.4, 0.5) is 10.1 Å². The molecule has 0 aliphatic carbocycles. The first-order valence-electron chi connectivity index (χ1n) is 7.89. The number of aryl methyl sites for hydroxylation is 1. The van der Waals surface area contributed by atoms with Gasteiger partial charge in [-0.05, 0) is 29.7 Å². The van der Waals surface area contributed by atoms with Gasteiger partial charge in [0, 0.05) is 19.2 Å². The molecule has 10 heteroatoms. The second-order valence-electron chi connectivity index (χ2n) is 5.78. The topological polar surface area (TPSA) is 124 Å². The van der Waals surface area contributed by atoms with Crippen LogP contribution >= 0.6 is 0 Å². The number of nitrogens with zero attached hydrogens (tertiary/aromatic N) is 2. The summed E-state index contributed by atoms with van der Waals surface area (Å²) >= 11 is 0. The number of halogens is 1. The Morgan fingerprint density at radius 1 is 1.30 bits per heavy atom. The highest BCUT2D eigenvalue weighted by Crippen LogP contribution is 2.30. The maximum absolute atomic E-state index is 13.5. The molecule has 0 saturated carbocycles. The van der Waals surface area contributed by atoms with Crippen molar-refractivity contribution in [3.63, 3.8) is 0 Å². The molecule has 1 atom stereocenters. The molecule has 144 valence electrons. The maximum Gasteiger partial charge on any atom is 0.270 e. The molecule has 0 aromatic heterocycles. The Balaban J connectivity index is 2.61. The van der Waals surface area contributed by atoms with Crippen molar-refractivity contribution in [3.05, 3.63) is 69.5 Å². The van der Waals surface area contributed by atoms with Crippen LogP contribution in [0.1, 0.15) is 24.1 Å². The minimum atomic E-state index is -4.34. The van der Waals surface area contributed by atoms with Crippen LogP contribution in [0.5, 0.6) is 0 Å². The van der Waals surface area contributed by atoms with E-state index in [1.54, 1.807) is 6.92 Å². The van der Waals surface area contributed by atoms with Crippen molar-refractivity contribution in [2.45, 2.75) is 24.3 Å². The number of carbonyl (C=O) groups is 1. The molecular weight excluding hydrogens is 377 g/mol. The summed E-state index contributed by atoms with van der Waals surface area (Å²) in [7, 11) is -3.22. The van der Waals surface area contributed by atoms with Crippen molar-refractivity contribution in [3.8, 4) is 0 Å². The number of hydrogen-bond acceptors (Lipinski definition) is 5. The summed E-state index contributed by atoms with van der Waals surface area (Å²) in [6.07, 6.45) is 0.293. The number of carbonyl (C=O) groups excluding carboxylic acids is 1. The molecule has 0 spiro atoms. The molecule has 2 N–H and O–H groups in total. The molecule has 2 aromatic rings. The minimum absolute atomic E-state index is 0.0528. The van der Waals surface area contributed by atoms with Gasteiger partial charge in [-0.3, -0.25) is 14.9 Å². The Bertz CT molecular complexity index is 994. The number of amides is 1. The van der Waals surface area contributed by atoms with Crippen molar-refractivity contribution in [2.24, 2.45) is 5.73 Å². The molecule has 0 fully saturated rings. The summed E-state index contributed by atoms with van der Waals surface area (Å²) < 4.78 is 40.4. The number of nitrogens with two attached hydrogens (primary N) is 1. The van der Waals surface area contributed by atoms with Crippen LogP contribution in [0.15, 0.2) is 47.4 Å². The van der Waals surface area contributed by atoms with Crippen LogP contribution in [-0.2, 0) is 21.2 Å². The number of hydrogen-bond donors (Lipinski definition) is 1. The standard InChI is InChI=1S/C17H18FN3O5S/c1-3-11-7-8-14(21(23)24)10-15(11)27(25,26)20(2)16(17(19)22)12-5-4-6-13(18)9-12/h4-10,16H,3H2,1-2H3,(H2,19,22). The predicted molar refractivity (Wildman–Crippen MR) is 95.8 cm³/mol. The fraction of sp³-hybridized carbons (Fsp3) is 0.235. The van der Waals surface area contributed by atoms with E-state index in [1.165, 1.54) is 24.3 Å². The third-order valence-electron chi connectivity index (χ3n) is 4.10. The van der Waals surface area contributed by atoms with Crippen LogP contribution in [0, 0.1) is 15.9 Å². The van der Waals surface area contributed by atoms with E-state index in [0.717, 1.165) is 25.2 Å². The van der Waals surface area contributed by atoms with Gasteiger partial charge in [0.05, 0.1) is 9.82 Å². The normalized spacial score (nSPS) is 12.7. The highest BCUT2D eigenvalue weighted by atomic mass is 32.2. The summed E-state index contributed by atoms with van der Waals surface area (Å²) in [5.74, 6) is -1.66. The van der Waals surface area contributed by atoms with Gasteiger partial charge in [0.15, 0.2) is 0 Å². The lowest BCUT2D eigenvalue weighted by Crippen LogP contribution is -2.39. The second-order valence-corrected chi connectivity index (χ2v) is 7.75. The fourth-order valence-electron chi connectivity index (χ4n) is 2.71. The van der Waals surface area contributed by atoms with Gasteiger partial charge in [-0.2, -0.15) is 4.31 Å². The van der Waals surface area contributed by atoms with Crippen LogP contribution < -0.4 is 5.73 Å². The van der Waals surface area contributed by atoms with Gasteiger partial charge in [-0.25, -0.2) is 12.8 Å². The van der Waals surface area contributed by atoms with Crippen molar-refractivity contribution in [1.29, 1.82) is 0 Å². The Kier molecular flexibility index (Phi) is 5.91. The van der Waals surface area contributed by atoms with E-state index in [-0.39, 0.29) is 10.5 Å². The molecule has 0 bridgehead atoms. The van der Waals surface area contributed by atoms with E-state index in [0.29, 0.717) is 16.3 Å². The number of likely N-dealkylation sites (N-methyl/N-ethyl adjacent to an activating group) is 1. The maximum atomic E-state index is 13.5. The van der Waals surface area contributed by atoms with Gasteiger partial charge in [0.2, 0.25) is 15.9 Å². The zero-order valence-electron chi connectivity index (χ0n) is 14.6. The average Bonchev–Trinajstić information content (AvgIpc) is 2.60. The van der Waals surface area contributed by atoms with E-state index in [9.17, 15) is 27.7 Å². The number of primary amides is 1. The van der Waals surface area contributed by atoms with Crippen LogP contribution in [0.25, 0.3) is 0 Å². The molecule has 1 unspecified atom stereocenters. The number of non-ortho nitro benzene ring substituents is 1. The Hall–Kier alpha value is -2.85. The summed E-state index contributed by atoms with van der Waals surface area (Å²) in [6.45, 7) is 1.69.